The van der Waals surface area contributed by atoms with Gasteiger partial charge in [-0.2, -0.15) is 0 Å². The third-order valence-electron chi connectivity index (χ3n) is 4.65. The molecule has 0 fully saturated rings. The number of methoxy groups -OCH3 is 1. The molecule has 6 nitrogen and oxygen atoms in total. The Bertz CT molecular complexity index is 905. The lowest BCUT2D eigenvalue weighted by Crippen LogP contribution is -2.30. The molecule has 29 heavy (non-hydrogen) atoms. The van der Waals surface area contributed by atoms with Crippen molar-refractivity contribution in [3.8, 4) is 0 Å². The number of rotatable bonds is 7. The smallest absolute Gasteiger partial charge is 0.341 e. The van der Waals surface area contributed by atoms with Crippen molar-refractivity contribution >= 4 is 51.2 Å². The van der Waals surface area contributed by atoms with Gasteiger partial charge in [-0.05, 0) is 56.6 Å². The molecule has 0 spiro atoms. The fourth-order valence-electron chi connectivity index (χ4n) is 3.02. The van der Waals surface area contributed by atoms with Crippen molar-refractivity contribution in [3.05, 3.63) is 45.8 Å². The summed E-state index contributed by atoms with van der Waals surface area (Å²) in [4.78, 5) is 27.5. The maximum atomic E-state index is 12.9. The Kier molecular flexibility index (Phi) is 8.16. The van der Waals surface area contributed by atoms with Crippen LogP contribution in [0.1, 0.15) is 51.9 Å². The van der Waals surface area contributed by atoms with Gasteiger partial charge in [-0.25, -0.2) is 4.79 Å². The molecule has 0 radical (unpaired) electrons. The van der Waals surface area contributed by atoms with Crippen LogP contribution in [0.3, 0.4) is 0 Å². The largest absolute Gasteiger partial charge is 0.465 e. The van der Waals surface area contributed by atoms with E-state index in [1.165, 1.54) is 18.4 Å². The third-order valence-corrected chi connectivity index (χ3v) is 6.05. The molecular weight excluding hydrogens is 406 g/mol. The molecule has 0 atom stereocenters. The maximum absolute atomic E-state index is 12.9. The standard InChI is InChI=1S/C21H27N3O3S2/c1-6-14-11-9-10-12-15(14)22-21(28)23-18-16(20(26)27-5)13(4)17(29-18)19(25)24(7-2)8-3/h9-12H,6-8H2,1-5H3,(H2,22,23,28). The van der Waals surface area contributed by atoms with Crippen molar-refractivity contribution in [2.24, 2.45) is 0 Å². The minimum Gasteiger partial charge on any atom is -0.465 e. The molecule has 1 amide bonds. The zero-order chi connectivity index (χ0) is 21.6. The molecule has 2 aromatic rings. The Hall–Kier alpha value is -2.45. The fourth-order valence-corrected chi connectivity index (χ4v) is 4.46. The average molecular weight is 434 g/mol. The van der Waals surface area contributed by atoms with Crippen LogP contribution in [0.25, 0.3) is 0 Å². The van der Waals surface area contributed by atoms with E-state index in [1.54, 1.807) is 11.8 Å². The van der Waals surface area contributed by atoms with Crippen molar-refractivity contribution in [2.75, 3.05) is 30.8 Å². The van der Waals surface area contributed by atoms with Crippen LogP contribution in [0.4, 0.5) is 10.7 Å². The molecule has 0 saturated carbocycles. The highest BCUT2D eigenvalue weighted by Crippen LogP contribution is 2.34. The van der Waals surface area contributed by atoms with Crippen molar-refractivity contribution < 1.29 is 14.3 Å². The van der Waals surface area contributed by atoms with Gasteiger partial charge in [0.2, 0.25) is 0 Å². The Morgan fingerprint density at radius 1 is 1.14 bits per heavy atom. The van der Waals surface area contributed by atoms with E-state index in [0.29, 0.717) is 39.2 Å². The predicted molar refractivity (Wildman–Crippen MR) is 123 cm³/mol. The molecule has 8 heteroatoms. The SMILES string of the molecule is CCc1ccccc1NC(=S)Nc1sc(C(=O)N(CC)CC)c(C)c1C(=O)OC. The molecule has 2 rings (SSSR count). The Morgan fingerprint density at radius 3 is 2.38 bits per heavy atom. The Labute approximate surface area is 181 Å². The van der Waals surface area contributed by atoms with Crippen LogP contribution in [0, 0.1) is 6.92 Å². The second-order valence-electron chi connectivity index (χ2n) is 6.32. The first-order valence-corrected chi connectivity index (χ1v) is 10.8. The molecule has 1 heterocycles. The summed E-state index contributed by atoms with van der Waals surface area (Å²) in [7, 11) is 1.32. The van der Waals surface area contributed by atoms with Gasteiger partial charge >= 0.3 is 5.97 Å². The summed E-state index contributed by atoms with van der Waals surface area (Å²) in [6.07, 6.45) is 0.861. The van der Waals surface area contributed by atoms with E-state index in [0.717, 1.165) is 17.7 Å². The number of nitrogens with zero attached hydrogens (tertiary/aromatic N) is 1. The van der Waals surface area contributed by atoms with Crippen molar-refractivity contribution in [3.63, 3.8) is 0 Å². The number of hydrogen-bond acceptors (Lipinski definition) is 5. The summed E-state index contributed by atoms with van der Waals surface area (Å²) >= 11 is 6.68. The number of amides is 1. The third kappa shape index (κ3) is 5.13. The molecular formula is C21H27N3O3S2. The number of carbonyl (C=O) groups excluding carboxylic acids is 2. The molecule has 2 N–H and O–H groups in total. The summed E-state index contributed by atoms with van der Waals surface area (Å²) in [5.74, 6) is -0.609. The Balaban J connectivity index is 2.35. The van der Waals surface area contributed by atoms with Gasteiger partial charge in [0.25, 0.3) is 5.91 Å². The fraction of sp³-hybridized carbons (Fsp3) is 0.381. The van der Waals surface area contributed by atoms with Gasteiger partial charge in [0.15, 0.2) is 5.11 Å². The molecule has 0 saturated heterocycles. The summed E-state index contributed by atoms with van der Waals surface area (Å²) in [6, 6.07) is 7.88. The zero-order valence-corrected chi connectivity index (χ0v) is 19.1. The van der Waals surface area contributed by atoms with Crippen LogP contribution in [0.5, 0.6) is 0 Å². The van der Waals surface area contributed by atoms with Crippen LogP contribution >= 0.6 is 23.6 Å². The highest BCUT2D eigenvalue weighted by atomic mass is 32.1. The van der Waals surface area contributed by atoms with Crippen LogP contribution in [-0.2, 0) is 11.2 Å². The predicted octanol–water partition coefficient (Wildman–Crippen LogP) is 4.70. The van der Waals surface area contributed by atoms with E-state index in [9.17, 15) is 9.59 Å². The summed E-state index contributed by atoms with van der Waals surface area (Å²) in [5.41, 5.74) is 2.96. The van der Waals surface area contributed by atoms with E-state index in [-0.39, 0.29) is 5.91 Å². The summed E-state index contributed by atoms with van der Waals surface area (Å²) < 4.78 is 4.94. The minimum atomic E-state index is -0.503. The first-order chi connectivity index (χ1) is 13.9. The van der Waals surface area contributed by atoms with Gasteiger partial charge in [-0.15, -0.1) is 11.3 Å². The molecule has 0 aliphatic heterocycles. The topological polar surface area (TPSA) is 70.7 Å². The first-order valence-electron chi connectivity index (χ1n) is 9.54. The second kappa shape index (κ2) is 10.4. The van der Waals surface area contributed by atoms with E-state index in [2.05, 4.69) is 17.6 Å². The van der Waals surface area contributed by atoms with Crippen molar-refractivity contribution in [1.29, 1.82) is 0 Å². The van der Waals surface area contributed by atoms with Gasteiger partial charge in [0.05, 0.1) is 17.6 Å². The maximum Gasteiger partial charge on any atom is 0.341 e. The number of carbonyl (C=O) groups is 2. The Morgan fingerprint density at radius 2 is 1.79 bits per heavy atom. The van der Waals surface area contributed by atoms with Gasteiger partial charge in [-0.3, -0.25) is 4.79 Å². The molecule has 0 aliphatic rings. The molecule has 0 aliphatic carbocycles. The van der Waals surface area contributed by atoms with Crippen molar-refractivity contribution in [1.82, 2.24) is 4.90 Å². The number of benzene rings is 1. The highest BCUT2D eigenvalue weighted by molar-refractivity contribution is 7.80. The number of aryl methyl sites for hydroxylation is 1. The lowest BCUT2D eigenvalue weighted by Gasteiger charge is -2.18. The highest BCUT2D eigenvalue weighted by Gasteiger charge is 2.27. The lowest BCUT2D eigenvalue weighted by atomic mass is 10.1. The second-order valence-corrected chi connectivity index (χ2v) is 7.75. The molecule has 0 bridgehead atoms. The summed E-state index contributed by atoms with van der Waals surface area (Å²) in [5, 5.41) is 7.10. The quantitative estimate of drug-likeness (QED) is 0.487. The number of thiophene rings is 1. The molecule has 0 unspecified atom stereocenters. The van der Waals surface area contributed by atoms with Gasteiger partial charge in [0, 0.05) is 18.8 Å². The van der Waals surface area contributed by atoms with Crippen LogP contribution in [0.15, 0.2) is 24.3 Å². The first kappa shape index (κ1) is 22.8. The lowest BCUT2D eigenvalue weighted by molar-refractivity contribution is 0.0601. The van der Waals surface area contributed by atoms with Crippen LogP contribution in [-0.4, -0.2) is 42.1 Å². The normalized spacial score (nSPS) is 10.4. The zero-order valence-electron chi connectivity index (χ0n) is 17.4. The number of nitrogens with one attached hydrogen (secondary N) is 2. The number of ether oxygens (including phenoxy) is 1. The van der Waals surface area contributed by atoms with E-state index in [4.69, 9.17) is 17.0 Å². The van der Waals surface area contributed by atoms with E-state index < -0.39 is 5.97 Å². The molecule has 1 aromatic heterocycles. The monoisotopic (exact) mass is 433 g/mol. The van der Waals surface area contributed by atoms with E-state index >= 15 is 0 Å². The number of hydrogen-bond donors (Lipinski definition) is 2. The van der Waals surface area contributed by atoms with Crippen LogP contribution < -0.4 is 10.6 Å². The van der Waals surface area contributed by atoms with Gasteiger partial charge in [-0.1, -0.05) is 25.1 Å². The minimum absolute atomic E-state index is 0.106. The summed E-state index contributed by atoms with van der Waals surface area (Å²) in [6.45, 7) is 8.87. The number of esters is 1. The number of anilines is 2. The van der Waals surface area contributed by atoms with Crippen molar-refractivity contribution in [2.45, 2.75) is 34.1 Å². The molecule has 1 aromatic carbocycles. The number of para-hydroxylation sites is 1. The van der Waals surface area contributed by atoms with Gasteiger partial charge in [0.1, 0.15) is 5.00 Å². The van der Waals surface area contributed by atoms with Gasteiger partial charge < -0.3 is 20.3 Å². The van der Waals surface area contributed by atoms with Crippen LogP contribution in [0.2, 0.25) is 0 Å². The average Bonchev–Trinajstić information content (AvgIpc) is 3.04. The number of thiocarbonyl (C=S) groups is 1. The molecule has 156 valence electrons. The van der Waals surface area contributed by atoms with E-state index in [1.807, 2.05) is 38.1 Å².